The molecular formula is C25H22. The zero-order chi connectivity index (χ0) is 18.0. The summed E-state index contributed by atoms with van der Waals surface area (Å²) < 4.78 is 0. The van der Waals surface area contributed by atoms with Gasteiger partial charge in [-0.2, -0.15) is 0 Å². The fraction of sp³-hybridized carbons (Fsp3) is 0.0400. The van der Waals surface area contributed by atoms with Gasteiger partial charge in [0.25, 0.3) is 0 Å². The summed E-state index contributed by atoms with van der Waals surface area (Å²) in [5.74, 6) is 0. The molecule has 3 aromatic rings. The van der Waals surface area contributed by atoms with Gasteiger partial charge < -0.3 is 0 Å². The van der Waals surface area contributed by atoms with Crippen molar-refractivity contribution in [3.05, 3.63) is 108 Å². The van der Waals surface area contributed by atoms with Crippen molar-refractivity contribution in [2.45, 2.75) is 6.92 Å². The van der Waals surface area contributed by atoms with E-state index in [0.717, 1.165) is 27.2 Å². The van der Waals surface area contributed by atoms with Crippen LogP contribution in [0.5, 0.6) is 0 Å². The lowest BCUT2D eigenvalue weighted by Crippen LogP contribution is -2.25. The molecule has 3 rings (SSSR count). The van der Waals surface area contributed by atoms with Crippen molar-refractivity contribution in [3.63, 3.8) is 0 Å². The smallest absolute Gasteiger partial charge is 0.00990 e. The van der Waals surface area contributed by atoms with Crippen LogP contribution in [0.1, 0.15) is 6.92 Å². The van der Waals surface area contributed by atoms with Crippen LogP contribution in [0.25, 0.3) is 34.2 Å². The molecule has 0 bridgehead atoms. The third kappa shape index (κ3) is 3.25. The molecule has 0 saturated heterocycles. The van der Waals surface area contributed by atoms with Crippen LogP contribution in [0.2, 0.25) is 0 Å². The van der Waals surface area contributed by atoms with E-state index >= 15 is 0 Å². The van der Waals surface area contributed by atoms with Crippen molar-refractivity contribution in [3.8, 4) is 0 Å². The first-order valence-electron chi connectivity index (χ1n) is 8.31. The van der Waals surface area contributed by atoms with Gasteiger partial charge >= 0.3 is 0 Å². The van der Waals surface area contributed by atoms with Crippen molar-refractivity contribution in [1.82, 2.24) is 0 Å². The summed E-state index contributed by atoms with van der Waals surface area (Å²) in [4.78, 5) is 0. The topological polar surface area (TPSA) is 0 Å². The van der Waals surface area contributed by atoms with Crippen LogP contribution >= 0.6 is 0 Å². The SMILES string of the molecule is C=C(C)C=CC(=C)C(=C)C=c1c(=C)c2ccccc2c2ccccc12. The standard InChI is InChI=1S/C25H22/c1-17(2)14-15-18(3)19(4)16-25-20(5)21-10-6-7-11-22(21)23-12-8-9-13-24(23)25/h6-16H,1,3-5H2,2H3. The maximum atomic E-state index is 4.35. The van der Waals surface area contributed by atoms with Crippen molar-refractivity contribution in [2.75, 3.05) is 0 Å². The van der Waals surface area contributed by atoms with Crippen LogP contribution in [-0.2, 0) is 0 Å². The first kappa shape index (κ1) is 16.7. The molecule has 0 heteroatoms. The lowest BCUT2D eigenvalue weighted by Gasteiger charge is -2.08. The molecule has 0 aliphatic carbocycles. The Kier molecular flexibility index (Phi) is 4.54. The summed E-state index contributed by atoms with van der Waals surface area (Å²) in [5.41, 5.74) is 2.74. The van der Waals surface area contributed by atoms with Gasteiger partial charge in [0, 0.05) is 0 Å². The largest absolute Gasteiger partial charge is 0.0961 e. The van der Waals surface area contributed by atoms with Gasteiger partial charge in [-0.1, -0.05) is 92.6 Å². The third-order valence-electron chi connectivity index (χ3n) is 4.38. The Bertz CT molecular complexity index is 1150. The average Bonchev–Trinajstić information content (AvgIpc) is 2.63. The van der Waals surface area contributed by atoms with Gasteiger partial charge in [-0.15, -0.1) is 0 Å². The Morgan fingerprint density at radius 2 is 1.24 bits per heavy atom. The predicted molar refractivity (Wildman–Crippen MR) is 113 cm³/mol. The first-order chi connectivity index (χ1) is 12.0. The maximum absolute atomic E-state index is 4.35. The molecule has 0 saturated carbocycles. The molecule has 0 heterocycles. The van der Waals surface area contributed by atoms with Crippen molar-refractivity contribution >= 4 is 34.2 Å². The highest BCUT2D eigenvalue weighted by Gasteiger charge is 2.04. The monoisotopic (exact) mass is 322 g/mol. The minimum Gasteiger partial charge on any atom is -0.0961 e. The minimum absolute atomic E-state index is 0.875. The predicted octanol–water partition coefficient (Wildman–Crippen LogP) is 5.43. The molecule has 0 radical (unpaired) electrons. The summed E-state index contributed by atoms with van der Waals surface area (Å²) in [6.45, 7) is 18.5. The Labute approximate surface area is 149 Å². The first-order valence-corrected chi connectivity index (χ1v) is 8.31. The van der Waals surface area contributed by atoms with Gasteiger partial charge in [0.1, 0.15) is 0 Å². The average molecular weight is 322 g/mol. The fourth-order valence-corrected chi connectivity index (χ4v) is 3.02. The lowest BCUT2D eigenvalue weighted by atomic mass is 9.96. The van der Waals surface area contributed by atoms with Crippen LogP contribution < -0.4 is 10.4 Å². The number of allylic oxidation sites excluding steroid dienone is 5. The molecule has 25 heavy (non-hydrogen) atoms. The van der Waals surface area contributed by atoms with E-state index in [1.54, 1.807) is 0 Å². The second-order valence-electron chi connectivity index (χ2n) is 6.36. The highest BCUT2D eigenvalue weighted by molar-refractivity contribution is 6.08. The van der Waals surface area contributed by atoms with Gasteiger partial charge in [-0.3, -0.25) is 0 Å². The second-order valence-corrected chi connectivity index (χ2v) is 6.36. The van der Waals surface area contributed by atoms with E-state index in [9.17, 15) is 0 Å². The maximum Gasteiger partial charge on any atom is -0.00990 e. The van der Waals surface area contributed by atoms with Crippen molar-refractivity contribution < 1.29 is 0 Å². The molecule has 0 aliphatic rings. The Hall–Kier alpha value is -3.12. The molecule has 122 valence electrons. The van der Waals surface area contributed by atoms with E-state index in [1.165, 1.54) is 21.5 Å². The normalized spacial score (nSPS) is 12.1. The van der Waals surface area contributed by atoms with E-state index in [1.807, 2.05) is 19.1 Å². The van der Waals surface area contributed by atoms with Crippen molar-refractivity contribution in [1.29, 1.82) is 0 Å². The van der Waals surface area contributed by atoms with Gasteiger partial charge in [0.2, 0.25) is 0 Å². The number of hydrogen-bond acceptors (Lipinski definition) is 0. The van der Waals surface area contributed by atoms with Gasteiger partial charge in [0.05, 0.1) is 0 Å². The van der Waals surface area contributed by atoms with E-state index in [4.69, 9.17) is 0 Å². The Morgan fingerprint density at radius 1 is 0.720 bits per heavy atom. The van der Waals surface area contributed by atoms with Crippen LogP contribution in [0.4, 0.5) is 0 Å². The van der Waals surface area contributed by atoms with Gasteiger partial charge in [0.15, 0.2) is 0 Å². The number of fused-ring (bicyclic) bond motifs is 3. The zero-order valence-corrected chi connectivity index (χ0v) is 14.7. The molecule has 0 N–H and O–H groups in total. The van der Waals surface area contributed by atoms with E-state index in [-0.39, 0.29) is 0 Å². The Morgan fingerprint density at radius 3 is 1.84 bits per heavy atom. The lowest BCUT2D eigenvalue weighted by molar-refractivity contribution is 1.53. The molecule has 0 atom stereocenters. The van der Waals surface area contributed by atoms with Crippen LogP contribution in [0.15, 0.2) is 97.1 Å². The van der Waals surface area contributed by atoms with Crippen LogP contribution in [-0.4, -0.2) is 0 Å². The number of rotatable bonds is 4. The molecule has 0 fully saturated rings. The molecule has 0 aliphatic heterocycles. The third-order valence-corrected chi connectivity index (χ3v) is 4.38. The highest BCUT2D eigenvalue weighted by Crippen LogP contribution is 2.20. The van der Waals surface area contributed by atoms with E-state index in [0.29, 0.717) is 0 Å². The molecule has 0 amide bonds. The molecule has 0 spiro atoms. The molecule has 0 aromatic heterocycles. The quantitative estimate of drug-likeness (QED) is 0.444. The second kappa shape index (κ2) is 6.78. The van der Waals surface area contributed by atoms with E-state index < -0.39 is 0 Å². The van der Waals surface area contributed by atoms with E-state index in [2.05, 4.69) is 80.9 Å². The van der Waals surface area contributed by atoms with Crippen LogP contribution in [0.3, 0.4) is 0 Å². The number of benzene rings is 3. The molecule has 3 aromatic carbocycles. The van der Waals surface area contributed by atoms with Crippen molar-refractivity contribution in [2.24, 2.45) is 0 Å². The molecular weight excluding hydrogens is 300 g/mol. The fourth-order valence-electron chi connectivity index (χ4n) is 3.02. The molecule has 0 unspecified atom stereocenters. The summed E-state index contributed by atoms with van der Waals surface area (Å²) in [6.07, 6.45) is 5.99. The van der Waals surface area contributed by atoms with Crippen LogP contribution in [0, 0.1) is 0 Å². The minimum atomic E-state index is 0.875. The summed E-state index contributed by atoms with van der Waals surface area (Å²) >= 11 is 0. The summed E-state index contributed by atoms with van der Waals surface area (Å²) in [5, 5.41) is 6.93. The summed E-state index contributed by atoms with van der Waals surface area (Å²) in [6, 6.07) is 16.8. The summed E-state index contributed by atoms with van der Waals surface area (Å²) in [7, 11) is 0. The molecule has 0 nitrogen and oxygen atoms in total. The van der Waals surface area contributed by atoms with Gasteiger partial charge in [-0.05, 0) is 56.1 Å². The van der Waals surface area contributed by atoms with Gasteiger partial charge in [-0.25, -0.2) is 0 Å². The number of hydrogen-bond donors (Lipinski definition) is 0. The highest BCUT2D eigenvalue weighted by atomic mass is 14.1. The Balaban J connectivity index is 2.30. The zero-order valence-electron chi connectivity index (χ0n) is 14.7.